The Labute approximate surface area is 162 Å². The van der Waals surface area contributed by atoms with Gasteiger partial charge in [-0.05, 0) is 32.1 Å². The van der Waals surface area contributed by atoms with Crippen molar-refractivity contribution in [2.45, 2.75) is 39.0 Å². The van der Waals surface area contributed by atoms with E-state index >= 15 is 0 Å². The number of aliphatic hydroxyl groups is 1. The Kier molecular flexibility index (Phi) is 8.43. The molecule has 1 atom stereocenters. The van der Waals surface area contributed by atoms with E-state index < -0.39 is 12.2 Å². The van der Waals surface area contributed by atoms with Crippen LogP contribution in [-0.2, 0) is 6.54 Å². The summed E-state index contributed by atoms with van der Waals surface area (Å²) in [6, 6.07) is 4.98. The van der Waals surface area contributed by atoms with Crippen molar-refractivity contribution in [3.8, 4) is 11.5 Å². The highest BCUT2D eigenvalue weighted by Gasteiger charge is 2.31. The Bertz CT molecular complexity index is 626. The van der Waals surface area contributed by atoms with Crippen molar-refractivity contribution in [1.29, 1.82) is 0 Å². The summed E-state index contributed by atoms with van der Waals surface area (Å²) in [5.41, 5.74) is -0.256. The van der Waals surface area contributed by atoms with E-state index in [1.54, 1.807) is 36.9 Å². The van der Waals surface area contributed by atoms with Crippen molar-refractivity contribution >= 4 is 17.7 Å². The second kappa shape index (κ2) is 10.6. The van der Waals surface area contributed by atoms with Crippen LogP contribution >= 0.6 is 11.8 Å². The summed E-state index contributed by atoms with van der Waals surface area (Å²) in [5.74, 6) is 2.39. The lowest BCUT2D eigenvalue weighted by atomic mass is 10.0. The Morgan fingerprint density at radius 2 is 2.19 bits per heavy atom. The topological polar surface area (TPSA) is 75.1 Å². The van der Waals surface area contributed by atoms with E-state index in [4.69, 9.17) is 4.74 Å². The maximum Gasteiger partial charge on any atom is 0.387 e. The van der Waals surface area contributed by atoms with Crippen molar-refractivity contribution < 1.29 is 23.4 Å². The van der Waals surface area contributed by atoms with Crippen molar-refractivity contribution in [2.75, 3.05) is 31.2 Å². The molecule has 6 nitrogen and oxygen atoms in total. The van der Waals surface area contributed by atoms with Gasteiger partial charge in [-0.15, -0.1) is 0 Å². The maximum atomic E-state index is 12.8. The van der Waals surface area contributed by atoms with Crippen molar-refractivity contribution in [3.05, 3.63) is 23.8 Å². The summed E-state index contributed by atoms with van der Waals surface area (Å²) < 4.78 is 35.7. The van der Waals surface area contributed by atoms with Crippen LogP contribution < -0.4 is 20.1 Å². The molecule has 1 unspecified atom stereocenters. The maximum absolute atomic E-state index is 12.8. The summed E-state index contributed by atoms with van der Waals surface area (Å²) in [7, 11) is 0. The number of hydrogen-bond acceptors (Lipinski definition) is 5. The summed E-state index contributed by atoms with van der Waals surface area (Å²) >= 11 is 1.72. The van der Waals surface area contributed by atoms with Gasteiger partial charge in [0.1, 0.15) is 0 Å². The Morgan fingerprint density at radius 3 is 2.81 bits per heavy atom. The van der Waals surface area contributed by atoms with E-state index in [2.05, 4.69) is 20.4 Å². The molecular weight excluding hydrogens is 376 g/mol. The number of hydrogen-bond donors (Lipinski definition) is 3. The molecule has 27 heavy (non-hydrogen) atoms. The van der Waals surface area contributed by atoms with Crippen LogP contribution in [0.2, 0.25) is 0 Å². The number of aliphatic imine (C=N–C) groups is 1. The van der Waals surface area contributed by atoms with Gasteiger partial charge in [-0.2, -0.15) is 20.5 Å². The first-order chi connectivity index (χ1) is 13.0. The summed E-state index contributed by atoms with van der Waals surface area (Å²) in [6.45, 7) is 2.24. The van der Waals surface area contributed by atoms with E-state index in [9.17, 15) is 13.9 Å². The van der Waals surface area contributed by atoms with Crippen molar-refractivity contribution in [1.82, 2.24) is 10.6 Å². The fraction of sp³-hybridized carbons (Fsp3) is 0.611. The zero-order valence-electron chi connectivity index (χ0n) is 15.6. The van der Waals surface area contributed by atoms with Gasteiger partial charge in [0.2, 0.25) is 0 Å². The van der Waals surface area contributed by atoms with Gasteiger partial charge < -0.3 is 25.2 Å². The highest BCUT2D eigenvalue weighted by molar-refractivity contribution is 7.99. The smallest absolute Gasteiger partial charge is 0.387 e. The molecule has 1 aromatic rings. The van der Waals surface area contributed by atoms with Gasteiger partial charge in [-0.3, -0.25) is 0 Å². The normalized spacial score (nSPS) is 20.0. The van der Waals surface area contributed by atoms with Crippen LogP contribution in [0.5, 0.6) is 11.5 Å². The van der Waals surface area contributed by atoms with Crippen LogP contribution in [0.3, 0.4) is 0 Å². The molecule has 1 aliphatic rings. The van der Waals surface area contributed by atoms with Gasteiger partial charge >= 0.3 is 6.61 Å². The zero-order chi connectivity index (χ0) is 19.7. The minimum atomic E-state index is -2.95. The number of nitrogens with zero attached hydrogens (tertiary/aromatic N) is 1. The van der Waals surface area contributed by atoms with Crippen molar-refractivity contribution in [2.24, 2.45) is 4.99 Å². The summed E-state index contributed by atoms with van der Waals surface area (Å²) in [5, 5.41) is 16.7. The Hall–Kier alpha value is -1.74. The molecule has 0 radical (unpaired) electrons. The van der Waals surface area contributed by atoms with E-state index in [0.717, 1.165) is 12.2 Å². The van der Waals surface area contributed by atoms with Gasteiger partial charge in [0.15, 0.2) is 17.5 Å². The minimum absolute atomic E-state index is 0.000213. The average molecular weight is 403 g/mol. The lowest BCUT2D eigenvalue weighted by molar-refractivity contribution is -0.0520. The Balaban J connectivity index is 2.12. The van der Waals surface area contributed by atoms with Crippen LogP contribution in [0.1, 0.15) is 25.8 Å². The van der Waals surface area contributed by atoms with Crippen LogP contribution in [0.15, 0.2) is 23.2 Å². The van der Waals surface area contributed by atoms with E-state index in [-0.39, 0.29) is 18.0 Å². The fourth-order valence-electron chi connectivity index (χ4n) is 2.67. The highest BCUT2D eigenvalue weighted by Crippen LogP contribution is 2.33. The second-order valence-electron chi connectivity index (χ2n) is 6.13. The molecule has 3 N–H and O–H groups in total. The van der Waals surface area contributed by atoms with Gasteiger partial charge in [0.05, 0.1) is 18.8 Å². The molecule has 0 aromatic heterocycles. The third-order valence-corrected chi connectivity index (χ3v) is 5.22. The number of thioether (sulfide) groups is 1. The molecule has 9 heteroatoms. The lowest BCUT2D eigenvalue weighted by Crippen LogP contribution is -2.47. The number of benzene rings is 1. The van der Waals surface area contributed by atoms with Crippen LogP contribution in [-0.4, -0.2) is 54.5 Å². The number of para-hydroxylation sites is 1. The zero-order valence-corrected chi connectivity index (χ0v) is 16.5. The standard InChI is InChI=1S/C18H27F2N3O3S/c1-3-21-17(23-11-18(24)8-9-27-12-18)22-10-13-6-5-7-14(25-4-2)15(13)26-16(19)20/h5-7,16,24H,3-4,8-12H2,1-2H3,(H2,21,22,23). The first-order valence-electron chi connectivity index (χ1n) is 8.99. The van der Waals surface area contributed by atoms with Crippen molar-refractivity contribution in [3.63, 3.8) is 0 Å². The van der Waals surface area contributed by atoms with Crippen LogP contribution in [0, 0.1) is 0 Å². The molecule has 1 heterocycles. The second-order valence-corrected chi connectivity index (χ2v) is 7.24. The first-order valence-corrected chi connectivity index (χ1v) is 10.1. The molecule has 1 fully saturated rings. The molecule has 0 bridgehead atoms. The molecule has 1 aromatic carbocycles. The van der Waals surface area contributed by atoms with Crippen LogP contribution in [0.4, 0.5) is 8.78 Å². The fourth-order valence-corrected chi connectivity index (χ4v) is 3.96. The minimum Gasteiger partial charge on any atom is -0.490 e. The molecule has 2 rings (SSSR count). The molecular formula is C18H27F2N3O3S. The predicted molar refractivity (Wildman–Crippen MR) is 104 cm³/mol. The van der Waals surface area contributed by atoms with Crippen LogP contribution in [0.25, 0.3) is 0 Å². The average Bonchev–Trinajstić information content (AvgIpc) is 3.06. The number of alkyl halides is 2. The molecule has 0 aliphatic carbocycles. The number of nitrogens with one attached hydrogen (secondary N) is 2. The summed E-state index contributed by atoms with van der Waals surface area (Å²) in [6.07, 6.45) is 0.729. The van der Waals surface area contributed by atoms with Gasteiger partial charge in [0, 0.05) is 24.4 Å². The third-order valence-electron chi connectivity index (χ3n) is 3.99. The third kappa shape index (κ3) is 6.73. The quantitative estimate of drug-likeness (QED) is 0.435. The predicted octanol–water partition coefficient (Wildman–Crippen LogP) is 2.61. The number of rotatable bonds is 9. The molecule has 0 amide bonds. The largest absolute Gasteiger partial charge is 0.490 e. The summed E-state index contributed by atoms with van der Waals surface area (Å²) in [4.78, 5) is 4.44. The molecule has 0 saturated carbocycles. The number of guanidine groups is 1. The van der Waals surface area contributed by atoms with Gasteiger partial charge in [0.25, 0.3) is 0 Å². The monoisotopic (exact) mass is 403 g/mol. The molecule has 152 valence electrons. The van der Waals surface area contributed by atoms with E-state index in [1.165, 1.54) is 0 Å². The van der Waals surface area contributed by atoms with Gasteiger partial charge in [-0.25, -0.2) is 4.99 Å². The van der Waals surface area contributed by atoms with Gasteiger partial charge in [-0.1, -0.05) is 12.1 Å². The first kappa shape index (κ1) is 21.6. The Morgan fingerprint density at radius 1 is 1.37 bits per heavy atom. The molecule has 1 aliphatic heterocycles. The van der Waals surface area contributed by atoms with E-state index in [1.807, 2.05) is 6.92 Å². The molecule has 1 saturated heterocycles. The highest BCUT2D eigenvalue weighted by atomic mass is 32.2. The number of ether oxygens (including phenoxy) is 2. The molecule has 0 spiro atoms. The van der Waals surface area contributed by atoms with E-state index in [0.29, 0.717) is 37.0 Å². The number of halogens is 2. The SMILES string of the molecule is CCNC(=NCc1cccc(OCC)c1OC(F)F)NCC1(O)CCSC1. The lowest BCUT2D eigenvalue weighted by Gasteiger charge is -2.23.